The molecule has 0 atom stereocenters. The molecule has 2 aromatic heterocycles. The lowest BCUT2D eigenvalue weighted by Gasteiger charge is -2.24. The van der Waals surface area contributed by atoms with Gasteiger partial charge in [-0.2, -0.15) is 0 Å². The SMILES string of the molecule is COc1ccc(-c2nc3c(N)nccn3c2NC2CCCCC2)cc1. The average Bonchev–Trinajstić information content (AvgIpc) is 3.03. The summed E-state index contributed by atoms with van der Waals surface area (Å²) < 4.78 is 7.27. The van der Waals surface area contributed by atoms with E-state index < -0.39 is 0 Å². The van der Waals surface area contributed by atoms with Gasteiger partial charge in [0.25, 0.3) is 0 Å². The van der Waals surface area contributed by atoms with E-state index in [9.17, 15) is 0 Å². The van der Waals surface area contributed by atoms with Crippen LogP contribution < -0.4 is 15.8 Å². The van der Waals surface area contributed by atoms with E-state index in [4.69, 9.17) is 15.5 Å². The zero-order valence-corrected chi connectivity index (χ0v) is 14.4. The topological polar surface area (TPSA) is 77.5 Å². The molecule has 0 amide bonds. The summed E-state index contributed by atoms with van der Waals surface area (Å²) in [5.74, 6) is 2.26. The van der Waals surface area contributed by atoms with Crippen LogP contribution in [0, 0.1) is 0 Å². The van der Waals surface area contributed by atoms with Crippen molar-refractivity contribution in [3.8, 4) is 17.0 Å². The van der Waals surface area contributed by atoms with E-state index >= 15 is 0 Å². The minimum atomic E-state index is 0.439. The average molecular weight is 337 g/mol. The number of methoxy groups -OCH3 is 1. The van der Waals surface area contributed by atoms with Crippen molar-refractivity contribution in [1.29, 1.82) is 0 Å². The Morgan fingerprint density at radius 3 is 2.64 bits per heavy atom. The van der Waals surface area contributed by atoms with Crippen molar-refractivity contribution in [2.75, 3.05) is 18.2 Å². The fourth-order valence-corrected chi connectivity index (χ4v) is 3.52. The van der Waals surface area contributed by atoms with Gasteiger partial charge in [-0.3, -0.25) is 4.40 Å². The molecule has 1 saturated carbocycles. The maximum Gasteiger partial charge on any atom is 0.182 e. The van der Waals surface area contributed by atoms with Crippen LogP contribution >= 0.6 is 0 Å². The van der Waals surface area contributed by atoms with Crippen molar-refractivity contribution >= 4 is 17.3 Å². The molecule has 25 heavy (non-hydrogen) atoms. The van der Waals surface area contributed by atoms with Gasteiger partial charge in [-0.25, -0.2) is 9.97 Å². The molecule has 0 saturated heterocycles. The van der Waals surface area contributed by atoms with E-state index in [2.05, 4.69) is 10.3 Å². The maximum atomic E-state index is 6.05. The van der Waals surface area contributed by atoms with Gasteiger partial charge in [0, 0.05) is 24.0 Å². The summed E-state index contributed by atoms with van der Waals surface area (Å²) in [4.78, 5) is 8.95. The number of aromatic nitrogens is 3. The molecule has 0 unspecified atom stereocenters. The monoisotopic (exact) mass is 337 g/mol. The summed E-state index contributed by atoms with van der Waals surface area (Å²) >= 11 is 0. The number of fused-ring (bicyclic) bond motifs is 1. The number of nitrogen functional groups attached to an aromatic ring is 1. The fraction of sp³-hybridized carbons (Fsp3) is 0.368. The van der Waals surface area contributed by atoms with Crippen molar-refractivity contribution in [3.05, 3.63) is 36.7 Å². The van der Waals surface area contributed by atoms with E-state index in [1.54, 1.807) is 13.3 Å². The summed E-state index contributed by atoms with van der Waals surface area (Å²) in [5.41, 5.74) is 8.67. The second-order valence-electron chi connectivity index (χ2n) is 6.52. The summed E-state index contributed by atoms with van der Waals surface area (Å²) in [7, 11) is 1.67. The largest absolute Gasteiger partial charge is 0.497 e. The Kier molecular flexibility index (Phi) is 4.17. The lowest BCUT2D eigenvalue weighted by molar-refractivity contribution is 0.415. The first-order chi connectivity index (χ1) is 12.3. The number of nitrogens with zero attached hydrogens (tertiary/aromatic N) is 3. The Labute approximate surface area is 147 Å². The molecular weight excluding hydrogens is 314 g/mol. The number of hydrogen-bond acceptors (Lipinski definition) is 5. The lowest BCUT2D eigenvalue weighted by atomic mass is 9.95. The molecule has 3 aromatic rings. The van der Waals surface area contributed by atoms with Crippen LogP contribution in [0.2, 0.25) is 0 Å². The zero-order chi connectivity index (χ0) is 17.2. The molecule has 6 nitrogen and oxygen atoms in total. The molecule has 1 aromatic carbocycles. The lowest BCUT2D eigenvalue weighted by Crippen LogP contribution is -2.23. The van der Waals surface area contributed by atoms with E-state index in [0.717, 1.165) is 22.8 Å². The first-order valence-corrected chi connectivity index (χ1v) is 8.80. The van der Waals surface area contributed by atoms with Crippen molar-refractivity contribution in [3.63, 3.8) is 0 Å². The third kappa shape index (κ3) is 2.99. The maximum absolute atomic E-state index is 6.05. The predicted molar refractivity (Wildman–Crippen MR) is 99.9 cm³/mol. The minimum Gasteiger partial charge on any atom is -0.497 e. The number of rotatable bonds is 4. The molecule has 2 heterocycles. The second kappa shape index (κ2) is 6.63. The number of anilines is 2. The molecule has 6 heteroatoms. The van der Waals surface area contributed by atoms with Gasteiger partial charge in [0.05, 0.1) is 7.11 Å². The highest BCUT2D eigenvalue weighted by Gasteiger charge is 2.20. The van der Waals surface area contributed by atoms with Gasteiger partial charge < -0.3 is 15.8 Å². The van der Waals surface area contributed by atoms with Gasteiger partial charge in [0.1, 0.15) is 17.3 Å². The third-order valence-corrected chi connectivity index (χ3v) is 4.88. The summed E-state index contributed by atoms with van der Waals surface area (Å²) in [5, 5.41) is 3.71. The number of hydrogen-bond donors (Lipinski definition) is 2. The van der Waals surface area contributed by atoms with Crippen LogP contribution in [-0.4, -0.2) is 27.5 Å². The van der Waals surface area contributed by atoms with Crippen molar-refractivity contribution in [2.24, 2.45) is 0 Å². The number of ether oxygens (including phenoxy) is 1. The number of imidazole rings is 1. The molecule has 1 fully saturated rings. The van der Waals surface area contributed by atoms with Gasteiger partial charge in [0.15, 0.2) is 11.5 Å². The quantitative estimate of drug-likeness (QED) is 0.758. The van der Waals surface area contributed by atoms with E-state index in [0.29, 0.717) is 17.5 Å². The van der Waals surface area contributed by atoms with Crippen molar-refractivity contribution in [1.82, 2.24) is 14.4 Å². The number of nitrogens with two attached hydrogens (primary N) is 1. The van der Waals surface area contributed by atoms with Crippen LogP contribution in [0.3, 0.4) is 0 Å². The molecule has 0 radical (unpaired) electrons. The first kappa shape index (κ1) is 15.7. The third-order valence-electron chi connectivity index (χ3n) is 4.88. The Morgan fingerprint density at radius 1 is 1.16 bits per heavy atom. The van der Waals surface area contributed by atoms with Crippen molar-refractivity contribution in [2.45, 2.75) is 38.1 Å². The van der Waals surface area contributed by atoms with Gasteiger partial charge in [-0.1, -0.05) is 19.3 Å². The van der Waals surface area contributed by atoms with E-state index in [-0.39, 0.29) is 0 Å². The fourth-order valence-electron chi connectivity index (χ4n) is 3.52. The Bertz CT molecular complexity index is 865. The van der Waals surface area contributed by atoms with Crippen LogP contribution in [0.15, 0.2) is 36.7 Å². The van der Waals surface area contributed by atoms with Crippen LogP contribution in [-0.2, 0) is 0 Å². The summed E-state index contributed by atoms with van der Waals surface area (Å²) in [6.45, 7) is 0. The minimum absolute atomic E-state index is 0.439. The molecule has 0 aliphatic heterocycles. The standard InChI is InChI=1S/C19H23N5O/c1-25-15-9-7-13(8-10-15)16-18(22-14-5-3-2-4-6-14)24-12-11-21-17(20)19(24)23-16/h7-12,14,22H,2-6H2,1H3,(H2,20,21). The van der Waals surface area contributed by atoms with Crippen molar-refractivity contribution < 1.29 is 4.74 Å². The van der Waals surface area contributed by atoms with Crippen LogP contribution in [0.5, 0.6) is 5.75 Å². The van der Waals surface area contributed by atoms with E-state index in [1.807, 2.05) is 34.9 Å². The molecular formula is C19H23N5O. The smallest absolute Gasteiger partial charge is 0.182 e. The normalized spacial score (nSPS) is 15.4. The Balaban J connectivity index is 1.80. The van der Waals surface area contributed by atoms with Gasteiger partial charge in [-0.05, 0) is 37.1 Å². The number of benzene rings is 1. The van der Waals surface area contributed by atoms with Gasteiger partial charge in [-0.15, -0.1) is 0 Å². The van der Waals surface area contributed by atoms with E-state index in [1.165, 1.54) is 32.1 Å². The number of nitrogens with one attached hydrogen (secondary N) is 1. The van der Waals surface area contributed by atoms with Crippen LogP contribution in [0.1, 0.15) is 32.1 Å². The predicted octanol–water partition coefficient (Wildman–Crippen LogP) is 3.73. The molecule has 1 aliphatic rings. The molecule has 0 bridgehead atoms. The highest BCUT2D eigenvalue weighted by Crippen LogP contribution is 2.33. The summed E-state index contributed by atoms with van der Waals surface area (Å²) in [6, 6.07) is 8.42. The van der Waals surface area contributed by atoms with Gasteiger partial charge in [0.2, 0.25) is 0 Å². The zero-order valence-electron chi connectivity index (χ0n) is 14.4. The van der Waals surface area contributed by atoms with Gasteiger partial charge >= 0.3 is 0 Å². The molecule has 0 spiro atoms. The highest BCUT2D eigenvalue weighted by atomic mass is 16.5. The molecule has 4 rings (SSSR count). The molecule has 130 valence electrons. The summed E-state index contributed by atoms with van der Waals surface area (Å²) in [6.07, 6.45) is 9.88. The second-order valence-corrected chi connectivity index (χ2v) is 6.52. The molecule has 3 N–H and O–H groups in total. The molecule has 1 aliphatic carbocycles. The van der Waals surface area contributed by atoms with Crippen LogP contribution in [0.4, 0.5) is 11.6 Å². The Hall–Kier alpha value is -2.76. The highest BCUT2D eigenvalue weighted by molar-refractivity contribution is 5.80. The van der Waals surface area contributed by atoms with Crippen LogP contribution in [0.25, 0.3) is 16.9 Å². The Morgan fingerprint density at radius 2 is 1.92 bits per heavy atom. The first-order valence-electron chi connectivity index (χ1n) is 8.80.